The fourth-order valence-electron chi connectivity index (χ4n) is 2.34. The van der Waals surface area contributed by atoms with Crippen LogP contribution in [-0.4, -0.2) is 34.1 Å². The van der Waals surface area contributed by atoms with E-state index >= 15 is 0 Å². The number of likely N-dealkylation sites (N-methyl/N-ethyl adjacent to an activating group) is 1. The third kappa shape index (κ3) is 2.94. The Morgan fingerprint density at radius 3 is 2.40 bits per heavy atom. The van der Waals surface area contributed by atoms with Crippen molar-refractivity contribution in [2.24, 2.45) is 5.92 Å². The smallest absolute Gasteiger partial charge is 0.323 e. The third-order valence-electron chi connectivity index (χ3n) is 3.49. The monoisotopic (exact) mass is 213 g/mol. The van der Waals surface area contributed by atoms with E-state index in [1.807, 2.05) is 6.92 Å². The van der Waals surface area contributed by atoms with Gasteiger partial charge in [0.05, 0.1) is 0 Å². The largest absolute Gasteiger partial charge is 0.480 e. The molecule has 0 heterocycles. The molecule has 0 aromatic carbocycles. The quantitative estimate of drug-likeness (QED) is 0.736. The summed E-state index contributed by atoms with van der Waals surface area (Å²) in [6.45, 7) is 8.57. The van der Waals surface area contributed by atoms with E-state index in [0.717, 1.165) is 18.9 Å². The number of carbonyl (C=O) groups is 1. The average molecular weight is 213 g/mol. The second kappa shape index (κ2) is 4.52. The molecule has 1 aliphatic rings. The van der Waals surface area contributed by atoms with Crippen LogP contribution in [0.15, 0.2) is 0 Å². The predicted octanol–water partition coefficient (Wildman–Crippen LogP) is 2.36. The van der Waals surface area contributed by atoms with Crippen LogP contribution in [0.4, 0.5) is 0 Å². The van der Waals surface area contributed by atoms with E-state index in [0.29, 0.717) is 6.04 Å². The first kappa shape index (κ1) is 12.5. The molecule has 1 saturated carbocycles. The van der Waals surface area contributed by atoms with Crippen molar-refractivity contribution in [3.63, 3.8) is 0 Å². The van der Waals surface area contributed by atoms with Crippen LogP contribution >= 0.6 is 0 Å². The molecule has 0 spiro atoms. The number of aliphatic carboxylic acids is 1. The maximum Gasteiger partial charge on any atom is 0.323 e. The maximum atomic E-state index is 11.2. The highest BCUT2D eigenvalue weighted by Crippen LogP contribution is 2.35. The van der Waals surface area contributed by atoms with Crippen molar-refractivity contribution in [2.45, 2.75) is 58.5 Å². The summed E-state index contributed by atoms with van der Waals surface area (Å²) in [5, 5.41) is 9.20. The maximum absolute atomic E-state index is 11.2. The Balaban J connectivity index is 2.62. The summed E-state index contributed by atoms with van der Waals surface area (Å²) < 4.78 is 0. The molecule has 1 unspecified atom stereocenters. The molecule has 3 heteroatoms. The van der Waals surface area contributed by atoms with Crippen LogP contribution in [0.1, 0.15) is 47.0 Å². The summed E-state index contributed by atoms with van der Waals surface area (Å²) in [4.78, 5) is 13.3. The van der Waals surface area contributed by atoms with Crippen LogP contribution in [0.3, 0.4) is 0 Å². The molecule has 0 aromatic rings. The fraction of sp³-hybridized carbons (Fsp3) is 0.917. The first-order valence-electron chi connectivity index (χ1n) is 5.89. The van der Waals surface area contributed by atoms with Crippen molar-refractivity contribution in [1.29, 1.82) is 0 Å². The van der Waals surface area contributed by atoms with Gasteiger partial charge in [-0.2, -0.15) is 0 Å². The van der Waals surface area contributed by atoms with E-state index < -0.39 is 11.5 Å². The number of nitrogens with zero attached hydrogens (tertiary/aromatic N) is 1. The minimum atomic E-state index is -0.747. The van der Waals surface area contributed by atoms with Gasteiger partial charge >= 0.3 is 5.97 Å². The molecule has 0 aliphatic heterocycles. The lowest BCUT2D eigenvalue weighted by Crippen LogP contribution is -2.53. The minimum Gasteiger partial charge on any atom is -0.480 e. The zero-order valence-corrected chi connectivity index (χ0v) is 10.3. The predicted molar refractivity (Wildman–Crippen MR) is 60.9 cm³/mol. The molecular weight excluding hydrogens is 190 g/mol. The van der Waals surface area contributed by atoms with Crippen LogP contribution in [0.5, 0.6) is 0 Å². The average Bonchev–Trinajstić information content (AvgIpc) is 2.88. The molecule has 15 heavy (non-hydrogen) atoms. The molecule has 0 saturated heterocycles. The van der Waals surface area contributed by atoms with Crippen molar-refractivity contribution in [3.05, 3.63) is 0 Å². The lowest BCUT2D eigenvalue weighted by molar-refractivity contribution is -0.150. The van der Waals surface area contributed by atoms with Gasteiger partial charge in [0.25, 0.3) is 0 Å². The summed E-state index contributed by atoms with van der Waals surface area (Å²) >= 11 is 0. The summed E-state index contributed by atoms with van der Waals surface area (Å²) in [5.74, 6) is 0.116. The van der Waals surface area contributed by atoms with Crippen molar-refractivity contribution >= 4 is 5.97 Å². The molecule has 1 aliphatic carbocycles. The Labute approximate surface area is 92.5 Å². The van der Waals surface area contributed by atoms with Gasteiger partial charge < -0.3 is 5.11 Å². The summed E-state index contributed by atoms with van der Waals surface area (Å²) in [5.41, 5.74) is -0.747. The molecule has 3 nitrogen and oxygen atoms in total. The van der Waals surface area contributed by atoms with Crippen molar-refractivity contribution in [2.75, 3.05) is 6.54 Å². The standard InChI is InChI=1S/C12H23NO2/c1-5-13(12(3,4)11(14)15)9(2)8-10-6-7-10/h9-10H,5-8H2,1-4H3,(H,14,15). The number of hydrogen-bond acceptors (Lipinski definition) is 2. The molecule has 0 bridgehead atoms. The van der Waals surface area contributed by atoms with Gasteiger partial charge in [0.1, 0.15) is 5.54 Å². The molecule has 1 atom stereocenters. The fourth-order valence-corrected chi connectivity index (χ4v) is 2.34. The van der Waals surface area contributed by atoms with Gasteiger partial charge in [0, 0.05) is 6.04 Å². The van der Waals surface area contributed by atoms with Crippen molar-refractivity contribution in [1.82, 2.24) is 4.90 Å². The van der Waals surface area contributed by atoms with E-state index in [1.165, 1.54) is 12.8 Å². The van der Waals surface area contributed by atoms with E-state index in [1.54, 1.807) is 13.8 Å². The van der Waals surface area contributed by atoms with Gasteiger partial charge in [0.2, 0.25) is 0 Å². The molecule has 1 rings (SSSR count). The first-order chi connectivity index (χ1) is 6.89. The van der Waals surface area contributed by atoms with Crippen LogP contribution in [-0.2, 0) is 4.79 Å². The molecule has 1 fully saturated rings. The van der Waals surface area contributed by atoms with Crippen molar-refractivity contribution in [3.8, 4) is 0 Å². The SMILES string of the molecule is CCN(C(C)CC1CC1)C(C)(C)C(=O)O. The summed E-state index contributed by atoms with van der Waals surface area (Å²) in [6.07, 6.45) is 3.80. The van der Waals surface area contributed by atoms with E-state index in [-0.39, 0.29) is 0 Å². The Morgan fingerprint density at radius 1 is 1.53 bits per heavy atom. The van der Waals surface area contributed by atoms with Gasteiger partial charge in [-0.1, -0.05) is 19.8 Å². The number of carboxylic acids is 1. The zero-order chi connectivity index (χ0) is 11.6. The van der Waals surface area contributed by atoms with Crippen molar-refractivity contribution < 1.29 is 9.90 Å². The Hall–Kier alpha value is -0.570. The summed E-state index contributed by atoms with van der Waals surface area (Å²) in [7, 11) is 0. The highest BCUT2D eigenvalue weighted by molar-refractivity contribution is 5.77. The second-order valence-corrected chi connectivity index (χ2v) is 5.18. The molecular formula is C12H23NO2. The molecule has 0 amide bonds. The first-order valence-corrected chi connectivity index (χ1v) is 5.89. The molecule has 1 N–H and O–H groups in total. The Morgan fingerprint density at radius 2 is 2.07 bits per heavy atom. The third-order valence-corrected chi connectivity index (χ3v) is 3.49. The topological polar surface area (TPSA) is 40.5 Å². The molecule has 0 aromatic heterocycles. The highest BCUT2D eigenvalue weighted by Gasteiger charge is 2.37. The minimum absolute atomic E-state index is 0.369. The number of rotatable bonds is 6. The molecule has 0 radical (unpaired) electrons. The normalized spacial score (nSPS) is 19.3. The zero-order valence-electron chi connectivity index (χ0n) is 10.3. The van der Waals surface area contributed by atoms with Gasteiger partial charge in [-0.05, 0) is 39.7 Å². The second-order valence-electron chi connectivity index (χ2n) is 5.18. The van der Waals surface area contributed by atoms with Crippen LogP contribution in [0.25, 0.3) is 0 Å². The van der Waals surface area contributed by atoms with Crippen LogP contribution < -0.4 is 0 Å². The van der Waals surface area contributed by atoms with E-state index in [2.05, 4.69) is 11.8 Å². The lowest BCUT2D eigenvalue weighted by atomic mass is 9.98. The Kier molecular flexibility index (Phi) is 3.77. The summed E-state index contributed by atoms with van der Waals surface area (Å²) in [6, 6.07) is 0.369. The number of hydrogen-bond donors (Lipinski definition) is 1. The van der Waals surface area contributed by atoms with Gasteiger partial charge in [-0.3, -0.25) is 9.69 Å². The van der Waals surface area contributed by atoms with Crippen LogP contribution in [0.2, 0.25) is 0 Å². The number of carboxylic acid groups (broad SMARTS) is 1. The Bertz CT molecular complexity index is 234. The van der Waals surface area contributed by atoms with Crippen LogP contribution in [0, 0.1) is 5.92 Å². The highest BCUT2D eigenvalue weighted by atomic mass is 16.4. The van der Waals surface area contributed by atoms with Gasteiger partial charge in [-0.25, -0.2) is 0 Å². The van der Waals surface area contributed by atoms with Gasteiger partial charge in [-0.15, -0.1) is 0 Å². The van der Waals surface area contributed by atoms with E-state index in [4.69, 9.17) is 0 Å². The van der Waals surface area contributed by atoms with Gasteiger partial charge in [0.15, 0.2) is 0 Å². The molecule has 88 valence electrons. The lowest BCUT2D eigenvalue weighted by Gasteiger charge is -2.39. The van der Waals surface area contributed by atoms with E-state index in [9.17, 15) is 9.90 Å².